The maximum atomic E-state index is 11.0. The monoisotopic (exact) mass is 218 g/mol. The van der Waals surface area contributed by atoms with Crippen LogP contribution in [0, 0.1) is 0 Å². The molecule has 0 unspecified atom stereocenters. The SMILES string of the molecule is COCO[C@H]1[C@H](OC)O[C@@H]2CC(=O)O[C@H]12. The van der Waals surface area contributed by atoms with E-state index in [1.54, 1.807) is 0 Å². The third kappa shape index (κ3) is 1.98. The Morgan fingerprint density at radius 3 is 2.93 bits per heavy atom. The lowest BCUT2D eigenvalue weighted by Gasteiger charge is -2.20. The van der Waals surface area contributed by atoms with Crippen molar-refractivity contribution in [2.45, 2.75) is 31.0 Å². The number of carbonyl (C=O) groups excluding carboxylic acids is 1. The fraction of sp³-hybridized carbons (Fsp3) is 0.889. The van der Waals surface area contributed by atoms with Crippen LogP contribution in [0.4, 0.5) is 0 Å². The van der Waals surface area contributed by atoms with E-state index in [-0.39, 0.29) is 31.4 Å². The summed E-state index contributed by atoms with van der Waals surface area (Å²) < 4.78 is 25.8. The molecule has 86 valence electrons. The number of hydrogen-bond acceptors (Lipinski definition) is 6. The molecule has 0 bridgehead atoms. The lowest BCUT2D eigenvalue weighted by atomic mass is 10.1. The van der Waals surface area contributed by atoms with Crippen LogP contribution in [0.1, 0.15) is 6.42 Å². The Bertz CT molecular complexity index is 243. The second-order valence-electron chi connectivity index (χ2n) is 3.48. The van der Waals surface area contributed by atoms with Crippen molar-refractivity contribution in [3.8, 4) is 0 Å². The highest BCUT2D eigenvalue weighted by atomic mass is 16.8. The largest absolute Gasteiger partial charge is 0.456 e. The molecule has 2 rings (SSSR count). The van der Waals surface area contributed by atoms with E-state index in [0.29, 0.717) is 0 Å². The molecule has 0 N–H and O–H groups in total. The molecule has 2 aliphatic rings. The first-order valence-corrected chi connectivity index (χ1v) is 4.74. The summed E-state index contributed by atoms with van der Waals surface area (Å²) in [4.78, 5) is 11.0. The molecule has 2 fully saturated rings. The van der Waals surface area contributed by atoms with Gasteiger partial charge in [0.15, 0.2) is 18.5 Å². The van der Waals surface area contributed by atoms with E-state index in [0.717, 1.165) is 0 Å². The van der Waals surface area contributed by atoms with Gasteiger partial charge in [-0.05, 0) is 0 Å². The molecule has 6 heteroatoms. The normalized spacial score (nSPS) is 39.2. The Morgan fingerprint density at radius 1 is 1.47 bits per heavy atom. The molecule has 4 atom stereocenters. The van der Waals surface area contributed by atoms with Gasteiger partial charge in [0.1, 0.15) is 12.9 Å². The number of hydrogen-bond donors (Lipinski definition) is 0. The van der Waals surface area contributed by atoms with Crippen LogP contribution in [-0.2, 0) is 28.5 Å². The quantitative estimate of drug-likeness (QED) is 0.475. The summed E-state index contributed by atoms with van der Waals surface area (Å²) in [6, 6.07) is 0. The number of esters is 1. The van der Waals surface area contributed by atoms with E-state index in [4.69, 9.17) is 23.7 Å². The highest BCUT2D eigenvalue weighted by molar-refractivity contribution is 5.72. The zero-order valence-electron chi connectivity index (χ0n) is 8.67. The van der Waals surface area contributed by atoms with Crippen LogP contribution in [-0.4, -0.2) is 51.6 Å². The van der Waals surface area contributed by atoms with Crippen molar-refractivity contribution >= 4 is 5.97 Å². The number of carbonyl (C=O) groups is 1. The predicted octanol–water partition coefficient (Wildman–Crippen LogP) is -0.338. The fourth-order valence-corrected chi connectivity index (χ4v) is 1.87. The van der Waals surface area contributed by atoms with Crippen molar-refractivity contribution < 1.29 is 28.5 Å². The van der Waals surface area contributed by atoms with Crippen molar-refractivity contribution in [1.82, 2.24) is 0 Å². The second-order valence-corrected chi connectivity index (χ2v) is 3.48. The van der Waals surface area contributed by atoms with Gasteiger partial charge >= 0.3 is 5.97 Å². The Labute approximate surface area is 87.4 Å². The van der Waals surface area contributed by atoms with Gasteiger partial charge in [0.2, 0.25) is 0 Å². The lowest BCUT2D eigenvalue weighted by molar-refractivity contribution is -0.194. The highest BCUT2D eigenvalue weighted by Crippen LogP contribution is 2.33. The minimum absolute atomic E-state index is 0.120. The van der Waals surface area contributed by atoms with Crippen molar-refractivity contribution in [2.24, 2.45) is 0 Å². The van der Waals surface area contributed by atoms with E-state index in [9.17, 15) is 4.79 Å². The zero-order chi connectivity index (χ0) is 10.8. The summed E-state index contributed by atoms with van der Waals surface area (Å²) in [7, 11) is 3.05. The van der Waals surface area contributed by atoms with E-state index < -0.39 is 12.4 Å². The smallest absolute Gasteiger partial charge is 0.309 e. The summed E-state index contributed by atoms with van der Waals surface area (Å²) >= 11 is 0. The first-order chi connectivity index (χ1) is 7.26. The maximum Gasteiger partial charge on any atom is 0.309 e. The predicted molar refractivity (Wildman–Crippen MR) is 46.9 cm³/mol. The highest BCUT2D eigenvalue weighted by Gasteiger charge is 2.52. The summed E-state index contributed by atoms with van der Waals surface area (Å²) in [5.74, 6) is -0.259. The van der Waals surface area contributed by atoms with Crippen molar-refractivity contribution in [2.75, 3.05) is 21.0 Å². The molecule has 2 heterocycles. The molecular weight excluding hydrogens is 204 g/mol. The Balaban J connectivity index is 2.00. The number of ether oxygens (including phenoxy) is 5. The summed E-state index contributed by atoms with van der Waals surface area (Å²) in [6.07, 6.45) is -1.28. The van der Waals surface area contributed by atoms with Crippen molar-refractivity contribution in [3.05, 3.63) is 0 Å². The van der Waals surface area contributed by atoms with Crippen LogP contribution < -0.4 is 0 Å². The summed E-state index contributed by atoms with van der Waals surface area (Å²) in [5, 5.41) is 0. The van der Waals surface area contributed by atoms with Gasteiger partial charge in [-0.3, -0.25) is 4.79 Å². The maximum absolute atomic E-state index is 11.0. The first kappa shape index (κ1) is 10.8. The number of methoxy groups -OCH3 is 2. The van der Waals surface area contributed by atoms with Crippen LogP contribution in [0.3, 0.4) is 0 Å². The third-order valence-corrected chi connectivity index (χ3v) is 2.51. The molecule has 0 aliphatic carbocycles. The third-order valence-electron chi connectivity index (χ3n) is 2.51. The minimum atomic E-state index is -0.497. The van der Waals surface area contributed by atoms with Crippen LogP contribution in [0.25, 0.3) is 0 Å². The van der Waals surface area contributed by atoms with E-state index in [2.05, 4.69) is 0 Å². The molecule has 2 saturated heterocycles. The van der Waals surface area contributed by atoms with Gasteiger partial charge in [0.25, 0.3) is 0 Å². The minimum Gasteiger partial charge on any atom is -0.456 e. The Morgan fingerprint density at radius 2 is 2.27 bits per heavy atom. The molecule has 15 heavy (non-hydrogen) atoms. The standard InChI is InChI=1S/C9H14O6/c1-11-4-13-8-7-5(3-6(10)15-7)14-9(8)12-2/h5,7-9H,3-4H2,1-2H3/t5-,7+,8-,9-/m1/s1. The van der Waals surface area contributed by atoms with Gasteiger partial charge in [0.05, 0.1) is 6.42 Å². The molecule has 0 saturated carbocycles. The van der Waals surface area contributed by atoms with Gasteiger partial charge < -0.3 is 23.7 Å². The van der Waals surface area contributed by atoms with Crippen molar-refractivity contribution in [1.29, 1.82) is 0 Å². The molecule has 0 amide bonds. The first-order valence-electron chi connectivity index (χ1n) is 4.74. The van der Waals surface area contributed by atoms with Gasteiger partial charge in [0, 0.05) is 14.2 Å². The number of rotatable bonds is 4. The average molecular weight is 218 g/mol. The second kappa shape index (κ2) is 4.44. The molecule has 0 aromatic heterocycles. The molecule has 2 aliphatic heterocycles. The molecule has 0 radical (unpaired) electrons. The Hall–Kier alpha value is -0.690. The van der Waals surface area contributed by atoms with Crippen molar-refractivity contribution in [3.63, 3.8) is 0 Å². The van der Waals surface area contributed by atoms with Gasteiger partial charge in [-0.15, -0.1) is 0 Å². The Kier molecular flexibility index (Phi) is 3.20. The van der Waals surface area contributed by atoms with Gasteiger partial charge in [-0.2, -0.15) is 0 Å². The lowest BCUT2D eigenvalue weighted by Crippen LogP contribution is -2.36. The molecule has 0 spiro atoms. The van der Waals surface area contributed by atoms with E-state index >= 15 is 0 Å². The topological polar surface area (TPSA) is 63.2 Å². The fourth-order valence-electron chi connectivity index (χ4n) is 1.87. The van der Waals surface area contributed by atoms with Crippen LogP contribution in [0.2, 0.25) is 0 Å². The number of fused-ring (bicyclic) bond motifs is 1. The molecular formula is C9H14O6. The van der Waals surface area contributed by atoms with Crippen LogP contribution in [0.15, 0.2) is 0 Å². The molecule has 6 nitrogen and oxygen atoms in total. The van der Waals surface area contributed by atoms with Crippen LogP contribution >= 0.6 is 0 Å². The average Bonchev–Trinajstić information content (AvgIpc) is 2.71. The van der Waals surface area contributed by atoms with Gasteiger partial charge in [-0.25, -0.2) is 0 Å². The van der Waals surface area contributed by atoms with Crippen LogP contribution in [0.5, 0.6) is 0 Å². The molecule has 0 aromatic carbocycles. The molecule has 0 aromatic rings. The zero-order valence-corrected chi connectivity index (χ0v) is 8.67. The van der Waals surface area contributed by atoms with E-state index in [1.165, 1.54) is 14.2 Å². The van der Waals surface area contributed by atoms with Gasteiger partial charge in [-0.1, -0.05) is 0 Å². The summed E-state index contributed by atoms with van der Waals surface area (Å²) in [6.45, 7) is 0.120. The summed E-state index contributed by atoms with van der Waals surface area (Å²) in [5.41, 5.74) is 0. The van der Waals surface area contributed by atoms with E-state index in [1.807, 2.05) is 0 Å².